The minimum absolute atomic E-state index is 0.454. The van der Waals surface area contributed by atoms with Gasteiger partial charge in [0.25, 0.3) is 0 Å². The van der Waals surface area contributed by atoms with Crippen molar-refractivity contribution in [3.05, 3.63) is 59.7 Å². The van der Waals surface area contributed by atoms with Crippen LogP contribution in [0.3, 0.4) is 0 Å². The van der Waals surface area contributed by atoms with E-state index in [0.29, 0.717) is 13.2 Å². The van der Waals surface area contributed by atoms with Gasteiger partial charge in [-0.3, -0.25) is 0 Å². The third-order valence-electron chi connectivity index (χ3n) is 3.03. The van der Waals surface area contributed by atoms with E-state index in [-0.39, 0.29) is 0 Å². The first-order chi connectivity index (χ1) is 9.66. The summed E-state index contributed by atoms with van der Waals surface area (Å²) in [5, 5.41) is 9.52. The molecule has 2 rings (SSSR count). The number of ether oxygens (including phenoxy) is 2. The van der Waals surface area contributed by atoms with Crippen molar-refractivity contribution in [3.8, 4) is 11.5 Å². The van der Waals surface area contributed by atoms with E-state index in [1.807, 2.05) is 55.5 Å². The van der Waals surface area contributed by atoms with Crippen LogP contribution in [0.15, 0.2) is 48.5 Å². The maximum atomic E-state index is 9.52. The Labute approximate surface area is 119 Å². The van der Waals surface area contributed by atoms with Gasteiger partial charge in [-0.1, -0.05) is 24.3 Å². The summed E-state index contributed by atoms with van der Waals surface area (Å²) in [6, 6.07) is 15.4. The number of hydrogen-bond donors (Lipinski definition) is 1. The molecule has 3 heteroatoms. The third kappa shape index (κ3) is 4.00. The van der Waals surface area contributed by atoms with E-state index in [9.17, 15) is 5.11 Å². The highest BCUT2D eigenvalue weighted by molar-refractivity contribution is 5.36. The van der Waals surface area contributed by atoms with Gasteiger partial charge in [0.15, 0.2) is 0 Å². The van der Waals surface area contributed by atoms with Crippen LogP contribution in [0.2, 0.25) is 0 Å². The maximum absolute atomic E-state index is 9.52. The summed E-state index contributed by atoms with van der Waals surface area (Å²) in [6.07, 6.45) is -0.454. The number of aliphatic hydroxyl groups is 1. The molecule has 1 N–H and O–H groups in total. The van der Waals surface area contributed by atoms with Gasteiger partial charge in [-0.05, 0) is 49.2 Å². The van der Waals surface area contributed by atoms with Crippen molar-refractivity contribution in [1.82, 2.24) is 0 Å². The summed E-state index contributed by atoms with van der Waals surface area (Å²) in [5.74, 6) is 1.67. The predicted molar refractivity (Wildman–Crippen MR) is 79.2 cm³/mol. The highest BCUT2D eigenvalue weighted by Gasteiger charge is 2.05. The second-order valence-corrected chi connectivity index (χ2v) is 4.71. The molecule has 0 saturated heterocycles. The van der Waals surface area contributed by atoms with E-state index in [2.05, 4.69) is 0 Å². The van der Waals surface area contributed by atoms with Crippen LogP contribution in [0.5, 0.6) is 11.5 Å². The first-order valence-electron chi connectivity index (χ1n) is 6.76. The van der Waals surface area contributed by atoms with Crippen molar-refractivity contribution >= 4 is 0 Å². The van der Waals surface area contributed by atoms with Gasteiger partial charge in [0.05, 0.1) is 6.10 Å². The van der Waals surface area contributed by atoms with Crippen molar-refractivity contribution < 1.29 is 14.6 Å². The zero-order valence-corrected chi connectivity index (χ0v) is 11.9. The lowest BCUT2D eigenvalue weighted by Crippen LogP contribution is -2.09. The van der Waals surface area contributed by atoms with Crippen LogP contribution in [0.25, 0.3) is 0 Å². The summed E-state index contributed by atoms with van der Waals surface area (Å²) >= 11 is 0. The molecule has 0 fully saturated rings. The van der Waals surface area contributed by atoms with Crippen molar-refractivity contribution in [3.63, 3.8) is 0 Å². The van der Waals surface area contributed by atoms with Crippen molar-refractivity contribution in [1.29, 1.82) is 0 Å². The average Bonchev–Trinajstić information content (AvgIpc) is 2.46. The largest absolute Gasteiger partial charge is 0.490 e. The van der Waals surface area contributed by atoms with Gasteiger partial charge >= 0.3 is 0 Å². The molecule has 0 bridgehead atoms. The minimum atomic E-state index is -0.454. The summed E-state index contributed by atoms with van der Waals surface area (Å²) in [6.45, 7) is 4.72. The van der Waals surface area contributed by atoms with E-state index >= 15 is 0 Å². The molecule has 0 amide bonds. The molecule has 20 heavy (non-hydrogen) atoms. The quantitative estimate of drug-likeness (QED) is 0.818. The van der Waals surface area contributed by atoms with E-state index in [1.165, 1.54) is 0 Å². The SMILES string of the molecule is Cc1cc(C(C)O)ccc1OCCOc1ccccc1. The molecule has 106 valence electrons. The second kappa shape index (κ2) is 6.96. The monoisotopic (exact) mass is 272 g/mol. The molecule has 2 aromatic carbocycles. The van der Waals surface area contributed by atoms with Gasteiger partial charge in [-0.25, -0.2) is 0 Å². The smallest absolute Gasteiger partial charge is 0.122 e. The maximum Gasteiger partial charge on any atom is 0.122 e. The van der Waals surface area contributed by atoms with E-state index in [1.54, 1.807) is 6.92 Å². The van der Waals surface area contributed by atoms with Gasteiger partial charge in [0.1, 0.15) is 24.7 Å². The first kappa shape index (κ1) is 14.4. The van der Waals surface area contributed by atoms with Crippen LogP contribution < -0.4 is 9.47 Å². The molecule has 0 aliphatic heterocycles. The van der Waals surface area contributed by atoms with E-state index in [4.69, 9.17) is 9.47 Å². The van der Waals surface area contributed by atoms with Gasteiger partial charge in [0.2, 0.25) is 0 Å². The number of para-hydroxylation sites is 1. The van der Waals surface area contributed by atoms with Gasteiger partial charge in [-0.2, -0.15) is 0 Å². The Bertz CT molecular complexity index is 535. The third-order valence-corrected chi connectivity index (χ3v) is 3.03. The molecule has 1 atom stereocenters. The summed E-state index contributed by atoms with van der Waals surface area (Å²) in [5.41, 5.74) is 1.92. The second-order valence-electron chi connectivity index (χ2n) is 4.71. The van der Waals surface area contributed by atoms with Crippen LogP contribution in [-0.4, -0.2) is 18.3 Å². The Morgan fingerprint density at radius 2 is 1.70 bits per heavy atom. The fourth-order valence-corrected chi connectivity index (χ4v) is 1.92. The molecule has 2 aromatic rings. The predicted octanol–water partition coefficient (Wildman–Crippen LogP) is 3.51. The van der Waals surface area contributed by atoms with E-state index < -0.39 is 6.10 Å². The number of hydrogen-bond acceptors (Lipinski definition) is 3. The fourth-order valence-electron chi connectivity index (χ4n) is 1.92. The number of rotatable bonds is 6. The standard InChI is InChI=1S/C17H20O3/c1-13-12-15(14(2)18)8-9-17(13)20-11-10-19-16-6-4-3-5-7-16/h3-9,12,14,18H,10-11H2,1-2H3. The molecule has 1 unspecified atom stereocenters. The number of aryl methyl sites for hydroxylation is 1. The topological polar surface area (TPSA) is 38.7 Å². The van der Waals surface area contributed by atoms with Crippen LogP contribution >= 0.6 is 0 Å². The lowest BCUT2D eigenvalue weighted by molar-refractivity contribution is 0.198. The molecular formula is C17H20O3. The molecule has 0 spiro atoms. The Morgan fingerprint density at radius 1 is 1.00 bits per heavy atom. The van der Waals surface area contributed by atoms with Crippen molar-refractivity contribution in [2.75, 3.05) is 13.2 Å². The van der Waals surface area contributed by atoms with Gasteiger partial charge < -0.3 is 14.6 Å². The van der Waals surface area contributed by atoms with Crippen LogP contribution in [0.1, 0.15) is 24.2 Å². The van der Waals surface area contributed by atoms with Crippen molar-refractivity contribution in [2.45, 2.75) is 20.0 Å². The summed E-state index contributed by atoms with van der Waals surface area (Å²) in [7, 11) is 0. The average molecular weight is 272 g/mol. The Balaban J connectivity index is 1.82. The first-order valence-corrected chi connectivity index (χ1v) is 6.76. The highest BCUT2D eigenvalue weighted by Crippen LogP contribution is 2.22. The van der Waals surface area contributed by atoms with Gasteiger partial charge in [0, 0.05) is 0 Å². The van der Waals surface area contributed by atoms with Crippen LogP contribution in [-0.2, 0) is 0 Å². The normalized spacial score (nSPS) is 11.9. The Hall–Kier alpha value is -2.00. The molecule has 0 aromatic heterocycles. The number of benzene rings is 2. The Morgan fingerprint density at radius 3 is 2.35 bits per heavy atom. The highest BCUT2D eigenvalue weighted by atomic mass is 16.5. The zero-order valence-electron chi connectivity index (χ0n) is 11.9. The molecule has 0 heterocycles. The summed E-state index contributed by atoms with van der Waals surface area (Å²) < 4.78 is 11.3. The zero-order chi connectivity index (χ0) is 14.4. The summed E-state index contributed by atoms with van der Waals surface area (Å²) in [4.78, 5) is 0. The fraction of sp³-hybridized carbons (Fsp3) is 0.294. The van der Waals surface area contributed by atoms with E-state index in [0.717, 1.165) is 22.6 Å². The molecule has 3 nitrogen and oxygen atoms in total. The lowest BCUT2D eigenvalue weighted by atomic mass is 10.1. The van der Waals surface area contributed by atoms with Crippen molar-refractivity contribution in [2.24, 2.45) is 0 Å². The molecule has 0 aliphatic rings. The lowest BCUT2D eigenvalue weighted by Gasteiger charge is -2.12. The minimum Gasteiger partial charge on any atom is -0.490 e. The van der Waals surface area contributed by atoms with Crippen LogP contribution in [0.4, 0.5) is 0 Å². The van der Waals surface area contributed by atoms with Crippen LogP contribution in [0, 0.1) is 6.92 Å². The molecule has 0 aliphatic carbocycles. The number of aliphatic hydroxyl groups excluding tert-OH is 1. The molecule has 0 saturated carbocycles. The van der Waals surface area contributed by atoms with Gasteiger partial charge in [-0.15, -0.1) is 0 Å². The molecular weight excluding hydrogens is 252 g/mol. The molecule has 0 radical (unpaired) electrons. The Kier molecular flexibility index (Phi) is 5.02.